The van der Waals surface area contributed by atoms with Crippen molar-refractivity contribution in [3.05, 3.63) is 70.9 Å². The molecular weight excluding hydrogens is 385 g/mol. The number of benzene rings is 2. The summed E-state index contributed by atoms with van der Waals surface area (Å²) in [4.78, 5) is 12.0. The van der Waals surface area contributed by atoms with E-state index in [0.29, 0.717) is 6.54 Å². The summed E-state index contributed by atoms with van der Waals surface area (Å²) in [5.41, 5.74) is 0.00601. The van der Waals surface area contributed by atoms with Gasteiger partial charge in [-0.2, -0.15) is 13.2 Å². The first-order valence-corrected chi connectivity index (χ1v) is 8.05. The molecule has 0 saturated heterocycles. The van der Waals surface area contributed by atoms with Gasteiger partial charge in [0, 0.05) is 11.3 Å². The third kappa shape index (κ3) is 4.76. The Kier molecular flexibility index (Phi) is 5.31. The minimum absolute atomic E-state index is 0.0323. The Labute approximate surface area is 156 Å². The maximum Gasteiger partial charge on any atom is 0.416 e. The summed E-state index contributed by atoms with van der Waals surface area (Å²) in [6, 6.07) is 12.7. The predicted molar refractivity (Wildman–Crippen MR) is 91.3 cm³/mol. The molecule has 0 bridgehead atoms. The molecule has 0 unspecified atom stereocenters. The second-order valence-electron chi connectivity index (χ2n) is 5.49. The van der Waals surface area contributed by atoms with Crippen LogP contribution in [0.25, 0.3) is 0 Å². The summed E-state index contributed by atoms with van der Waals surface area (Å²) in [5.74, 6) is -0.128. The van der Waals surface area contributed by atoms with Gasteiger partial charge in [-0.1, -0.05) is 36.4 Å². The van der Waals surface area contributed by atoms with Gasteiger partial charge < -0.3 is 5.32 Å². The fourth-order valence-corrected chi connectivity index (χ4v) is 2.42. The van der Waals surface area contributed by atoms with Gasteiger partial charge in [-0.3, -0.25) is 9.84 Å². The van der Waals surface area contributed by atoms with E-state index in [9.17, 15) is 18.0 Å². The van der Waals surface area contributed by atoms with Crippen molar-refractivity contribution < 1.29 is 27.2 Å². The molecule has 0 fully saturated rings. The van der Waals surface area contributed by atoms with Gasteiger partial charge in [0.05, 0.1) is 5.56 Å². The highest BCUT2D eigenvalue weighted by molar-refractivity contribution is 6.31. The van der Waals surface area contributed by atoms with Crippen molar-refractivity contribution in [3.8, 4) is 0 Å². The highest BCUT2D eigenvalue weighted by atomic mass is 35.5. The fraction of sp³-hybridized carbons (Fsp3) is 0.118. The molecule has 2 N–H and O–H groups in total. The molecule has 0 aliphatic heterocycles. The normalized spacial score (nSPS) is 11.3. The second-order valence-corrected chi connectivity index (χ2v) is 5.85. The summed E-state index contributed by atoms with van der Waals surface area (Å²) in [5, 5.41) is 8.37. The number of urea groups is 1. The maximum absolute atomic E-state index is 12.7. The minimum atomic E-state index is -4.51. The Morgan fingerprint density at radius 1 is 1.11 bits per heavy atom. The number of alkyl halides is 3. The van der Waals surface area contributed by atoms with Crippen LogP contribution in [0.15, 0.2) is 59.1 Å². The van der Waals surface area contributed by atoms with Crippen molar-refractivity contribution in [3.63, 3.8) is 0 Å². The zero-order valence-corrected chi connectivity index (χ0v) is 14.4. The predicted octanol–water partition coefficient (Wildman–Crippen LogP) is 4.33. The average Bonchev–Trinajstić information content (AvgIpc) is 2.95. The molecule has 1 heterocycles. The Bertz CT molecular complexity index is 945. The molecule has 1 aromatic heterocycles. The first-order chi connectivity index (χ1) is 12.8. The Balaban J connectivity index is 1.67. The molecule has 6 nitrogen and oxygen atoms in total. The molecule has 0 aliphatic rings. The molecule has 27 heavy (non-hydrogen) atoms. The Hall–Kier alpha value is -3.07. The SMILES string of the molecule is O=C(Nc1cccc(C(F)(F)F)c1)Nc1on[n+](Cc2ccccc2)c1Cl. The van der Waals surface area contributed by atoms with Gasteiger partial charge in [-0.15, -0.1) is 0 Å². The third-order valence-corrected chi connectivity index (χ3v) is 3.86. The zero-order valence-electron chi connectivity index (χ0n) is 13.6. The number of anilines is 2. The van der Waals surface area contributed by atoms with Gasteiger partial charge >= 0.3 is 23.2 Å². The van der Waals surface area contributed by atoms with E-state index in [1.54, 1.807) is 0 Å². The standard InChI is InChI=1S/C17H12ClF3N4O2/c18-14-15(27-24-25(14)10-11-5-2-1-3-6-11)23-16(26)22-13-8-4-7-12(9-13)17(19,20)21/h1-9H,10H2,(H-,22,23,24,26)/p+1. The van der Waals surface area contributed by atoms with E-state index in [2.05, 4.69) is 15.9 Å². The van der Waals surface area contributed by atoms with Crippen LogP contribution in [0.5, 0.6) is 0 Å². The van der Waals surface area contributed by atoms with Crippen molar-refractivity contribution in [1.29, 1.82) is 0 Å². The van der Waals surface area contributed by atoms with Crippen LogP contribution in [0.3, 0.4) is 0 Å². The molecule has 3 rings (SSSR count). The van der Waals surface area contributed by atoms with E-state index in [-0.39, 0.29) is 16.7 Å². The number of hydrogen-bond donors (Lipinski definition) is 2. The lowest BCUT2D eigenvalue weighted by molar-refractivity contribution is -0.752. The summed E-state index contributed by atoms with van der Waals surface area (Å²) in [7, 11) is 0. The lowest BCUT2D eigenvalue weighted by Crippen LogP contribution is -2.37. The van der Waals surface area contributed by atoms with Crippen molar-refractivity contribution in [2.24, 2.45) is 0 Å². The van der Waals surface area contributed by atoms with Gasteiger partial charge in [0.1, 0.15) is 0 Å². The highest BCUT2D eigenvalue weighted by Gasteiger charge is 2.30. The van der Waals surface area contributed by atoms with Gasteiger partial charge in [0.15, 0.2) is 0 Å². The highest BCUT2D eigenvalue weighted by Crippen LogP contribution is 2.30. The quantitative estimate of drug-likeness (QED) is 0.644. The van der Waals surface area contributed by atoms with E-state index in [0.717, 1.165) is 17.7 Å². The Morgan fingerprint density at radius 2 is 1.85 bits per heavy atom. The molecule has 10 heteroatoms. The molecule has 3 aromatic rings. The van der Waals surface area contributed by atoms with Crippen LogP contribution in [-0.2, 0) is 12.7 Å². The lowest BCUT2D eigenvalue weighted by atomic mass is 10.2. The van der Waals surface area contributed by atoms with Crippen molar-refractivity contribution in [2.75, 3.05) is 10.6 Å². The number of aromatic nitrogens is 2. The average molecular weight is 398 g/mol. The second kappa shape index (κ2) is 7.67. The first kappa shape index (κ1) is 18.7. The number of amides is 2. The van der Waals surface area contributed by atoms with E-state index in [4.69, 9.17) is 16.1 Å². The van der Waals surface area contributed by atoms with Crippen molar-refractivity contribution in [2.45, 2.75) is 12.7 Å². The van der Waals surface area contributed by atoms with Crippen LogP contribution in [-0.4, -0.2) is 11.3 Å². The lowest BCUT2D eigenvalue weighted by Gasteiger charge is -2.09. The molecule has 0 spiro atoms. The molecule has 0 aliphatic carbocycles. The number of rotatable bonds is 4. The van der Waals surface area contributed by atoms with Crippen LogP contribution in [0.4, 0.5) is 29.5 Å². The Morgan fingerprint density at radius 3 is 2.56 bits per heavy atom. The minimum Gasteiger partial charge on any atom is -0.308 e. The van der Waals surface area contributed by atoms with E-state index in [1.165, 1.54) is 16.8 Å². The topological polar surface area (TPSA) is 71.0 Å². The van der Waals surface area contributed by atoms with Gasteiger partial charge in [-0.05, 0) is 34.5 Å². The molecule has 0 radical (unpaired) electrons. The van der Waals surface area contributed by atoms with Crippen molar-refractivity contribution in [1.82, 2.24) is 5.27 Å². The summed E-state index contributed by atoms with van der Waals surface area (Å²) in [6.07, 6.45) is -4.51. The van der Waals surface area contributed by atoms with Gasteiger partial charge in [-0.25, -0.2) is 4.79 Å². The van der Waals surface area contributed by atoms with Gasteiger partial charge in [0.2, 0.25) is 11.8 Å². The summed E-state index contributed by atoms with van der Waals surface area (Å²) < 4.78 is 44.5. The summed E-state index contributed by atoms with van der Waals surface area (Å²) >= 11 is 6.12. The van der Waals surface area contributed by atoms with Crippen LogP contribution in [0.2, 0.25) is 5.15 Å². The molecule has 2 aromatic carbocycles. The zero-order chi connectivity index (χ0) is 19.4. The number of hydrogen-bond acceptors (Lipinski definition) is 3. The van der Waals surface area contributed by atoms with Crippen molar-refractivity contribution >= 4 is 29.2 Å². The molecule has 140 valence electrons. The monoisotopic (exact) mass is 397 g/mol. The molecule has 2 amide bonds. The van der Waals surface area contributed by atoms with Crippen LogP contribution in [0.1, 0.15) is 11.1 Å². The summed E-state index contributed by atoms with van der Waals surface area (Å²) in [6.45, 7) is 0.320. The number of halogens is 4. The fourth-order valence-electron chi connectivity index (χ4n) is 2.25. The third-order valence-electron chi connectivity index (χ3n) is 3.49. The number of nitrogens with zero attached hydrogens (tertiary/aromatic N) is 2. The van der Waals surface area contributed by atoms with E-state index < -0.39 is 17.8 Å². The molecular formula is C17H13ClF3N4O2+. The van der Waals surface area contributed by atoms with E-state index >= 15 is 0 Å². The number of carbonyl (C=O) groups excluding carboxylic acids is 1. The largest absolute Gasteiger partial charge is 0.416 e. The van der Waals surface area contributed by atoms with Gasteiger partial charge in [0.25, 0.3) is 0 Å². The first-order valence-electron chi connectivity index (χ1n) is 7.67. The van der Waals surface area contributed by atoms with Crippen LogP contribution >= 0.6 is 11.6 Å². The van der Waals surface area contributed by atoms with Crippen LogP contribution < -0.4 is 15.3 Å². The molecule has 0 atom stereocenters. The molecule has 0 saturated carbocycles. The maximum atomic E-state index is 12.7. The van der Waals surface area contributed by atoms with E-state index in [1.807, 2.05) is 30.3 Å². The number of nitrogens with one attached hydrogen (secondary N) is 2. The number of carbonyl (C=O) groups is 1. The van der Waals surface area contributed by atoms with Crippen LogP contribution in [0, 0.1) is 0 Å². The smallest absolute Gasteiger partial charge is 0.308 e.